The van der Waals surface area contributed by atoms with Crippen molar-refractivity contribution in [1.29, 1.82) is 0 Å². The van der Waals surface area contributed by atoms with Gasteiger partial charge in [-0.25, -0.2) is 4.68 Å². The molecule has 0 fully saturated rings. The maximum Gasteiger partial charge on any atom is 0.0649 e. The fourth-order valence-corrected chi connectivity index (χ4v) is 2.03. The SMILES string of the molecule is CCc1c(CCl)cnn1-c1ccc(C)cc1. The van der Waals surface area contributed by atoms with E-state index in [1.165, 1.54) is 11.3 Å². The first kappa shape index (κ1) is 11.2. The monoisotopic (exact) mass is 234 g/mol. The van der Waals surface area contributed by atoms with Crippen molar-refractivity contribution in [3.63, 3.8) is 0 Å². The highest BCUT2D eigenvalue weighted by Crippen LogP contribution is 2.17. The van der Waals surface area contributed by atoms with E-state index in [0.717, 1.165) is 17.7 Å². The number of nitrogens with zero attached hydrogens (tertiary/aromatic N) is 2. The predicted octanol–water partition coefficient (Wildman–Crippen LogP) is 3.48. The van der Waals surface area contributed by atoms with Crippen LogP contribution >= 0.6 is 11.6 Å². The van der Waals surface area contributed by atoms with E-state index in [-0.39, 0.29) is 0 Å². The van der Waals surface area contributed by atoms with Gasteiger partial charge in [-0.2, -0.15) is 5.10 Å². The Morgan fingerprint density at radius 1 is 1.25 bits per heavy atom. The van der Waals surface area contributed by atoms with Crippen LogP contribution in [0.5, 0.6) is 0 Å². The normalized spacial score (nSPS) is 10.7. The molecule has 0 unspecified atom stereocenters. The Balaban J connectivity index is 2.47. The van der Waals surface area contributed by atoms with Crippen molar-refractivity contribution < 1.29 is 0 Å². The van der Waals surface area contributed by atoms with E-state index in [1.807, 2.05) is 10.9 Å². The van der Waals surface area contributed by atoms with Gasteiger partial charge in [-0.15, -0.1) is 11.6 Å². The molecule has 0 saturated carbocycles. The van der Waals surface area contributed by atoms with Gasteiger partial charge >= 0.3 is 0 Å². The van der Waals surface area contributed by atoms with Crippen LogP contribution in [0.4, 0.5) is 0 Å². The van der Waals surface area contributed by atoms with Crippen LogP contribution in [-0.2, 0) is 12.3 Å². The molecular formula is C13H15ClN2. The summed E-state index contributed by atoms with van der Waals surface area (Å²) in [5.74, 6) is 0.523. The van der Waals surface area contributed by atoms with Gasteiger partial charge in [0.25, 0.3) is 0 Å². The molecule has 0 spiro atoms. The number of benzene rings is 1. The van der Waals surface area contributed by atoms with E-state index < -0.39 is 0 Å². The third-order valence-electron chi connectivity index (χ3n) is 2.71. The Morgan fingerprint density at radius 3 is 2.50 bits per heavy atom. The largest absolute Gasteiger partial charge is 0.238 e. The van der Waals surface area contributed by atoms with Gasteiger partial charge in [0.2, 0.25) is 0 Å². The van der Waals surface area contributed by atoms with E-state index in [1.54, 1.807) is 0 Å². The molecule has 1 aromatic carbocycles. The van der Waals surface area contributed by atoms with Crippen LogP contribution in [0.3, 0.4) is 0 Å². The minimum atomic E-state index is 0.523. The standard InChI is InChI=1S/C13H15ClN2/c1-3-13-11(8-14)9-15-16(13)12-6-4-10(2)5-7-12/h4-7,9H,3,8H2,1-2H3. The molecule has 1 heterocycles. The van der Waals surface area contributed by atoms with Crippen molar-refractivity contribution >= 4 is 11.6 Å². The molecule has 0 N–H and O–H groups in total. The first-order valence-corrected chi connectivity index (χ1v) is 5.98. The predicted molar refractivity (Wildman–Crippen MR) is 67.2 cm³/mol. The summed E-state index contributed by atoms with van der Waals surface area (Å²) in [4.78, 5) is 0. The summed E-state index contributed by atoms with van der Waals surface area (Å²) in [6.07, 6.45) is 2.79. The molecule has 3 heteroatoms. The van der Waals surface area contributed by atoms with Crippen LogP contribution < -0.4 is 0 Å². The van der Waals surface area contributed by atoms with E-state index in [9.17, 15) is 0 Å². The van der Waals surface area contributed by atoms with Crippen molar-refractivity contribution in [3.8, 4) is 5.69 Å². The lowest BCUT2D eigenvalue weighted by Crippen LogP contribution is -2.02. The van der Waals surface area contributed by atoms with Gasteiger partial charge in [-0.3, -0.25) is 0 Å². The molecule has 0 aliphatic heterocycles. The quantitative estimate of drug-likeness (QED) is 0.744. The summed E-state index contributed by atoms with van der Waals surface area (Å²) in [6.45, 7) is 4.20. The van der Waals surface area contributed by atoms with Gasteiger partial charge in [-0.05, 0) is 25.5 Å². The zero-order chi connectivity index (χ0) is 11.5. The lowest BCUT2D eigenvalue weighted by Gasteiger charge is -2.07. The molecule has 0 atom stereocenters. The molecule has 0 radical (unpaired) electrons. The number of aromatic nitrogens is 2. The summed E-state index contributed by atoms with van der Waals surface area (Å²) in [6, 6.07) is 8.35. The van der Waals surface area contributed by atoms with Crippen molar-refractivity contribution in [2.75, 3.05) is 0 Å². The average Bonchev–Trinajstić information content (AvgIpc) is 2.72. The van der Waals surface area contributed by atoms with Crippen LogP contribution in [0.2, 0.25) is 0 Å². The van der Waals surface area contributed by atoms with Crippen LogP contribution in [-0.4, -0.2) is 9.78 Å². The van der Waals surface area contributed by atoms with E-state index >= 15 is 0 Å². The van der Waals surface area contributed by atoms with Gasteiger partial charge in [0.1, 0.15) is 0 Å². The lowest BCUT2D eigenvalue weighted by atomic mass is 10.2. The van der Waals surface area contributed by atoms with Crippen molar-refractivity contribution in [3.05, 3.63) is 47.3 Å². The lowest BCUT2D eigenvalue weighted by molar-refractivity contribution is 0.811. The van der Waals surface area contributed by atoms with Gasteiger partial charge in [0.15, 0.2) is 0 Å². The van der Waals surface area contributed by atoms with Crippen LogP contribution in [0.25, 0.3) is 5.69 Å². The Labute approximate surface area is 101 Å². The molecule has 0 aliphatic rings. The van der Waals surface area contributed by atoms with E-state index in [2.05, 4.69) is 43.2 Å². The average molecular weight is 235 g/mol. The van der Waals surface area contributed by atoms with Crippen LogP contribution in [0.1, 0.15) is 23.7 Å². The zero-order valence-electron chi connectivity index (χ0n) is 9.57. The third kappa shape index (κ3) is 1.98. The minimum absolute atomic E-state index is 0.523. The number of aryl methyl sites for hydroxylation is 1. The maximum atomic E-state index is 5.88. The summed E-state index contributed by atoms with van der Waals surface area (Å²) in [5, 5.41) is 4.39. The second-order valence-corrected chi connectivity index (χ2v) is 4.12. The van der Waals surface area contributed by atoms with Gasteiger partial charge in [0.05, 0.1) is 17.8 Å². The van der Waals surface area contributed by atoms with Crippen molar-refractivity contribution in [2.45, 2.75) is 26.1 Å². The molecule has 0 aliphatic carbocycles. The Bertz CT molecular complexity index is 471. The zero-order valence-corrected chi connectivity index (χ0v) is 10.3. The summed E-state index contributed by atoms with van der Waals surface area (Å²) < 4.78 is 1.97. The Hall–Kier alpha value is -1.28. The Kier molecular flexibility index (Phi) is 3.30. The van der Waals surface area contributed by atoms with Crippen molar-refractivity contribution in [2.24, 2.45) is 0 Å². The summed E-state index contributed by atoms with van der Waals surface area (Å²) in [7, 11) is 0. The summed E-state index contributed by atoms with van der Waals surface area (Å²) >= 11 is 5.88. The highest BCUT2D eigenvalue weighted by molar-refractivity contribution is 6.17. The maximum absolute atomic E-state index is 5.88. The highest BCUT2D eigenvalue weighted by Gasteiger charge is 2.09. The highest BCUT2D eigenvalue weighted by atomic mass is 35.5. The van der Waals surface area contributed by atoms with E-state index in [4.69, 9.17) is 11.6 Å². The minimum Gasteiger partial charge on any atom is -0.238 e. The molecule has 2 aromatic rings. The van der Waals surface area contributed by atoms with E-state index in [0.29, 0.717) is 5.88 Å². The van der Waals surface area contributed by atoms with Gasteiger partial charge in [-0.1, -0.05) is 24.6 Å². The fourth-order valence-electron chi connectivity index (χ4n) is 1.80. The first-order chi connectivity index (χ1) is 7.76. The number of hydrogen-bond donors (Lipinski definition) is 0. The molecular weight excluding hydrogens is 220 g/mol. The molecule has 0 bridgehead atoms. The second kappa shape index (κ2) is 4.71. The van der Waals surface area contributed by atoms with Crippen LogP contribution in [0, 0.1) is 6.92 Å². The molecule has 16 heavy (non-hydrogen) atoms. The second-order valence-electron chi connectivity index (χ2n) is 3.85. The molecule has 1 aromatic heterocycles. The number of rotatable bonds is 3. The van der Waals surface area contributed by atoms with Gasteiger partial charge < -0.3 is 0 Å². The van der Waals surface area contributed by atoms with Crippen molar-refractivity contribution in [1.82, 2.24) is 9.78 Å². The molecule has 2 nitrogen and oxygen atoms in total. The summed E-state index contributed by atoms with van der Waals surface area (Å²) in [5.41, 5.74) is 4.66. The molecule has 0 saturated heterocycles. The van der Waals surface area contributed by atoms with Gasteiger partial charge in [0, 0.05) is 11.3 Å². The van der Waals surface area contributed by atoms with Crippen LogP contribution in [0.15, 0.2) is 30.5 Å². The molecule has 84 valence electrons. The molecule has 2 rings (SSSR count). The smallest absolute Gasteiger partial charge is 0.0649 e. The number of halogens is 1. The molecule has 0 amide bonds. The third-order valence-corrected chi connectivity index (χ3v) is 3.00. The topological polar surface area (TPSA) is 17.8 Å². The number of hydrogen-bond acceptors (Lipinski definition) is 1. The fraction of sp³-hybridized carbons (Fsp3) is 0.308. The first-order valence-electron chi connectivity index (χ1n) is 5.45. The number of alkyl halides is 1. The Morgan fingerprint density at radius 2 is 1.94 bits per heavy atom.